The number of hydrogen-bond donors (Lipinski definition) is 3. The van der Waals surface area contributed by atoms with Gasteiger partial charge in [-0.3, -0.25) is 9.59 Å². The van der Waals surface area contributed by atoms with Crippen molar-refractivity contribution in [2.24, 2.45) is 11.7 Å². The van der Waals surface area contributed by atoms with Crippen molar-refractivity contribution < 1.29 is 14.7 Å². The summed E-state index contributed by atoms with van der Waals surface area (Å²) in [6, 6.07) is 0. The van der Waals surface area contributed by atoms with E-state index in [0.717, 1.165) is 12.8 Å². The van der Waals surface area contributed by atoms with E-state index in [0.29, 0.717) is 37.7 Å². The molecule has 1 amide bonds. The third-order valence-corrected chi connectivity index (χ3v) is 3.44. The van der Waals surface area contributed by atoms with Crippen LogP contribution in [0.15, 0.2) is 12.5 Å². The first-order valence-electron chi connectivity index (χ1n) is 7.28. The fourth-order valence-corrected chi connectivity index (χ4v) is 2.11. The lowest BCUT2D eigenvalue weighted by Gasteiger charge is -2.13. The van der Waals surface area contributed by atoms with Crippen LogP contribution in [0.5, 0.6) is 0 Å². The van der Waals surface area contributed by atoms with Crippen LogP contribution in [0.3, 0.4) is 0 Å². The number of hydrogen-bond acceptors (Lipinski definition) is 4. The van der Waals surface area contributed by atoms with E-state index in [-0.39, 0.29) is 12.3 Å². The second kappa shape index (κ2) is 9.12. The van der Waals surface area contributed by atoms with Gasteiger partial charge in [-0.1, -0.05) is 13.3 Å². The molecule has 21 heavy (non-hydrogen) atoms. The molecule has 0 radical (unpaired) electrons. The minimum Gasteiger partial charge on any atom is -0.481 e. The van der Waals surface area contributed by atoms with Gasteiger partial charge in [0.2, 0.25) is 0 Å². The molecule has 0 saturated heterocycles. The molecular formula is C14H24N4O3. The minimum atomic E-state index is -0.775. The summed E-state index contributed by atoms with van der Waals surface area (Å²) in [5.41, 5.74) is 5.81. The lowest BCUT2D eigenvalue weighted by molar-refractivity contribution is -0.137. The van der Waals surface area contributed by atoms with Crippen molar-refractivity contribution >= 4 is 11.9 Å². The van der Waals surface area contributed by atoms with Crippen molar-refractivity contribution in [3.63, 3.8) is 0 Å². The van der Waals surface area contributed by atoms with Gasteiger partial charge < -0.3 is 20.7 Å². The van der Waals surface area contributed by atoms with E-state index in [9.17, 15) is 9.59 Å². The fourth-order valence-electron chi connectivity index (χ4n) is 2.11. The zero-order valence-corrected chi connectivity index (χ0v) is 12.4. The van der Waals surface area contributed by atoms with E-state index in [4.69, 9.17) is 10.8 Å². The van der Waals surface area contributed by atoms with Crippen LogP contribution in [0.2, 0.25) is 0 Å². The van der Waals surface area contributed by atoms with Crippen molar-refractivity contribution in [2.45, 2.75) is 39.2 Å². The standard InChI is InChI=1S/C14H24N4O3/c1-2-11(3-4-13(19)20)5-7-16-14(21)12-9-18(8-6-15)10-17-12/h9-11H,2-8,15H2,1H3,(H,16,21)(H,19,20). The maximum Gasteiger partial charge on any atom is 0.303 e. The summed E-state index contributed by atoms with van der Waals surface area (Å²) >= 11 is 0. The summed E-state index contributed by atoms with van der Waals surface area (Å²) in [7, 11) is 0. The molecule has 0 aliphatic carbocycles. The van der Waals surface area contributed by atoms with Crippen LogP contribution in [-0.2, 0) is 11.3 Å². The molecule has 118 valence electrons. The molecule has 1 aromatic rings. The van der Waals surface area contributed by atoms with Crippen molar-refractivity contribution in [3.05, 3.63) is 18.2 Å². The lowest BCUT2D eigenvalue weighted by Crippen LogP contribution is -2.26. The first-order valence-corrected chi connectivity index (χ1v) is 7.28. The molecule has 0 bridgehead atoms. The Morgan fingerprint density at radius 1 is 1.48 bits per heavy atom. The van der Waals surface area contributed by atoms with Crippen LogP contribution in [0.1, 0.15) is 43.1 Å². The predicted octanol–water partition coefficient (Wildman–Crippen LogP) is 0.853. The summed E-state index contributed by atoms with van der Waals surface area (Å²) in [5, 5.41) is 11.5. The molecule has 1 atom stereocenters. The van der Waals surface area contributed by atoms with Crippen LogP contribution in [0, 0.1) is 5.92 Å². The smallest absolute Gasteiger partial charge is 0.303 e. The van der Waals surface area contributed by atoms with Gasteiger partial charge in [0.15, 0.2) is 0 Å². The van der Waals surface area contributed by atoms with Gasteiger partial charge in [-0.05, 0) is 18.8 Å². The maximum absolute atomic E-state index is 11.9. The number of nitrogens with zero attached hydrogens (tertiary/aromatic N) is 2. The highest BCUT2D eigenvalue weighted by Crippen LogP contribution is 2.14. The Morgan fingerprint density at radius 3 is 2.86 bits per heavy atom. The molecule has 4 N–H and O–H groups in total. The highest BCUT2D eigenvalue weighted by Gasteiger charge is 2.12. The van der Waals surface area contributed by atoms with E-state index in [1.165, 1.54) is 0 Å². The first-order chi connectivity index (χ1) is 10.1. The molecule has 0 aromatic carbocycles. The molecule has 0 aliphatic rings. The third-order valence-electron chi connectivity index (χ3n) is 3.44. The van der Waals surface area contributed by atoms with E-state index < -0.39 is 5.97 Å². The molecule has 1 rings (SSSR count). The molecule has 0 saturated carbocycles. The summed E-state index contributed by atoms with van der Waals surface area (Å²) in [4.78, 5) is 26.5. The lowest BCUT2D eigenvalue weighted by atomic mass is 9.97. The van der Waals surface area contributed by atoms with Crippen LogP contribution in [-0.4, -0.2) is 39.6 Å². The first kappa shape index (κ1) is 17.2. The Morgan fingerprint density at radius 2 is 2.24 bits per heavy atom. The fraction of sp³-hybridized carbons (Fsp3) is 0.643. The van der Waals surface area contributed by atoms with Crippen LogP contribution in [0.25, 0.3) is 0 Å². The van der Waals surface area contributed by atoms with E-state index in [1.807, 2.05) is 6.92 Å². The zero-order chi connectivity index (χ0) is 15.7. The van der Waals surface area contributed by atoms with Crippen LogP contribution in [0.4, 0.5) is 0 Å². The molecule has 0 spiro atoms. The number of carbonyl (C=O) groups is 2. The highest BCUT2D eigenvalue weighted by atomic mass is 16.4. The summed E-state index contributed by atoms with van der Waals surface area (Å²) in [6.07, 6.45) is 5.77. The topological polar surface area (TPSA) is 110 Å². The predicted molar refractivity (Wildman–Crippen MR) is 78.9 cm³/mol. The van der Waals surface area contributed by atoms with Gasteiger partial charge in [0.05, 0.1) is 6.33 Å². The molecule has 1 heterocycles. The molecule has 1 unspecified atom stereocenters. The van der Waals surface area contributed by atoms with Gasteiger partial charge in [-0.15, -0.1) is 0 Å². The Labute approximate surface area is 124 Å². The molecule has 0 aliphatic heterocycles. The Balaban J connectivity index is 2.32. The molecular weight excluding hydrogens is 272 g/mol. The molecule has 7 nitrogen and oxygen atoms in total. The molecule has 7 heteroatoms. The number of aliphatic carboxylic acids is 1. The van der Waals surface area contributed by atoms with Crippen LogP contribution < -0.4 is 11.1 Å². The average molecular weight is 296 g/mol. The highest BCUT2D eigenvalue weighted by molar-refractivity contribution is 5.91. The summed E-state index contributed by atoms with van der Waals surface area (Å²) in [6.45, 7) is 3.69. The van der Waals surface area contributed by atoms with Crippen molar-refractivity contribution in [3.8, 4) is 0 Å². The monoisotopic (exact) mass is 296 g/mol. The normalized spacial score (nSPS) is 12.1. The van der Waals surface area contributed by atoms with E-state index >= 15 is 0 Å². The Kier molecular flexibility index (Phi) is 7.45. The number of carbonyl (C=O) groups excluding carboxylic acids is 1. The number of carboxylic acid groups (broad SMARTS) is 1. The number of aromatic nitrogens is 2. The van der Waals surface area contributed by atoms with Gasteiger partial charge in [0.25, 0.3) is 5.91 Å². The number of rotatable bonds is 10. The minimum absolute atomic E-state index is 0.177. The van der Waals surface area contributed by atoms with Gasteiger partial charge in [0.1, 0.15) is 5.69 Å². The Hall–Kier alpha value is -1.89. The number of imidazole rings is 1. The quantitative estimate of drug-likeness (QED) is 0.593. The van der Waals surface area contributed by atoms with Gasteiger partial charge in [-0.25, -0.2) is 4.98 Å². The SMILES string of the molecule is CCC(CCNC(=O)c1cn(CCN)cn1)CCC(=O)O. The second-order valence-electron chi connectivity index (χ2n) is 5.04. The maximum atomic E-state index is 11.9. The third kappa shape index (κ3) is 6.40. The summed E-state index contributed by atoms with van der Waals surface area (Å²) in [5.74, 6) is -0.669. The zero-order valence-electron chi connectivity index (χ0n) is 12.4. The molecule has 1 aromatic heterocycles. The number of nitrogens with two attached hydrogens (primary N) is 1. The largest absolute Gasteiger partial charge is 0.481 e. The number of amides is 1. The number of nitrogens with one attached hydrogen (secondary N) is 1. The van der Waals surface area contributed by atoms with Crippen molar-refractivity contribution in [1.82, 2.24) is 14.9 Å². The van der Waals surface area contributed by atoms with Gasteiger partial charge in [-0.2, -0.15) is 0 Å². The number of carboxylic acids is 1. The van der Waals surface area contributed by atoms with Crippen molar-refractivity contribution in [1.29, 1.82) is 0 Å². The second-order valence-corrected chi connectivity index (χ2v) is 5.04. The Bertz CT molecular complexity index is 459. The summed E-state index contributed by atoms with van der Waals surface area (Å²) < 4.78 is 1.77. The van der Waals surface area contributed by atoms with E-state index in [1.54, 1.807) is 17.1 Å². The van der Waals surface area contributed by atoms with Gasteiger partial charge >= 0.3 is 5.97 Å². The van der Waals surface area contributed by atoms with Crippen LogP contribution >= 0.6 is 0 Å². The van der Waals surface area contributed by atoms with Gasteiger partial charge in [0, 0.05) is 32.3 Å². The van der Waals surface area contributed by atoms with Crippen molar-refractivity contribution in [2.75, 3.05) is 13.1 Å². The van der Waals surface area contributed by atoms with E-state index in [2.05, 4.69) is 10.3 Å². The molecule has 0 fully saturated rings. The average Bonchev–Trinajstić information content (AvgIpc) is 2.91.